The lowest BCUT2D eigenvalue weighted by Crippen LogP contribution is -2.51. The molecule has 1 aromatic heterocycles. The molecule has 27 heavy (non-hydrogen) atoms. The van der Waals surface area contributed by atoms with Crippen molar-refractivity contribution in [3.63, 3.8) is 0 Å². The number of thiophene rings is 1. The number of rotatable bonds is 4. The first-order chi connectivity index (χ1) is 12.9. The van der Waals surface area contributed by atoms with E-state index in [0.29, 0.717) is 14.9 Å². The normalized spacial score (nSPS) is 13.7. The molecule has 1 saturated heterocycles. The summed E-state index contributed by atoms with van der Waals surface area (Å²) in [5.41, 5.74) is 0.177. The van der Waals surface area contributed by atoms with E-state index in [9.17, 15) is 19.2 Å². The Morgan fingerprint density at radius 1 is 1.19 bits per heavy atom. The zero-order valence-corrected chi connectivity index (χ0v) is 16.1. The number of carbonyl (C=O) groups is 4. The maximum Gasteiger partial charge on any atom is 0.353 e. The molecule has 3 rings (SSSR count). The number of hydrogen-bond donors (Lipinski definition) is 2. The van der Waals surface area contributed by atoms with E-state index in [1.807, 2.05) is 10.6 Å². The summed E-state index contributed by atoms with van der Waals surface area (Å²) in [5, 5.41) is 5.73. The average Bonchev–Trinajstić information content (AvgIpc) is 3.14. The number of imide groups is 2. The van der Waals surface area contributed by atoms with Gasteiger partial charge in [0.2, 0.25) is 0 Å². The zero-order valence-electron chi connectivity index (χ0n) is 13.7. The van der Waals surface area contributed by atoms with Gasteiger partial charge < -0.3 is 9.47 Å². The van der Waals surface area contributed by atoms with Crippen molar-refractivity contribution in [3.8, 4) is 11.5 Å². The molecule has 2 aromatic rings. The molecular formula is C17H11BrN2O6S. The van der Waals surface area contributed by atoms with Crippen LogP contribution in [-0.4, -0.2) is 30.9 Å². The van der Waals surface area contributed by atoms with E-state index < -0.39 is 23.8 Å². The molecular weight excluding hydrogens is 440 g/mol. The molecule has 4 amide bonds. The first-order valence-electron chi connectivity index (χ1n) is 7.40. The first-order valence-corrected chi connectivity index (χ1v) is 9.08. The number of ether oxygens (including phenoxy) is 2. The van der Waals surface area contributed by atoms with Crippen molar-refractivity contribution in [2.45, 2.75) is 0 Å². The number of methoxy groups -OCH3 is 1. The number of amides is 4. The number of hydrogen-bond acceptors (Lipinski definition) is 7. The molecule has 0 atom stereocenters. The quantitative estimate of drug-likeness (QED) is 0.320. The van der Waals surface area contributed by atoms with Crippen molar-refractivity contribution in [2.24, 2.45) is 0 Å². The second-order valence-corrected chi connectivity index (χ2v) is 7.00. The molecule has 1 aliphatic heterocycles. The third-order valence-corrected chi connectivity index (χ3v) is 4.86. The minimum Gasteiger partial charge on any atom is -0.493 e. The van der Waals surface area contributed by atoms with Crippen LogP contribution in [0.5, 0.6) is 11.5 Å². The molecule has 0 aliphatic carbocycles. The van der Waals surface area contributed by atoms with Crippen molar-refractivity contribution in [3.05, 3.63) is 50.1 Å². The van der Waals surface area contributed by atoms with Crippen molar-refractivity contribution in [1.29, 1.82) is 0 Å². The predicted molar refractivity (Wildman–Crippen MR) is 99.6 cm³/mol. The van der Waals surface area contributed by atoms with Crippen LogP contribution in [0.4, 0.5) is 4.79 Å². The van der Waals surface area contributed by atoms with Gasteiger partial charge in [0, 0.05) is 0 Å². The van der Waals surface area contributed by atoms with Gasteiger partial charge in [-0.05, 0) is 51.1 Å². The molecule has 1 aliphatic rings. The van der Waals surface area contributed by atoms with Crippen LogP contribution in [0, 0.1) is 0 Å². The molecule has 2 heterocycles. The summed E-state index contributed by atoms with van der Waals surface area (Å²) in [4.78, 5) is 47.4. The smallest absolute Gasteiger partial charge is 0.353 e. The van der Waals surface area contributed by atoms with Gasteiger partial charge in [-0.2, -0.15) is 0 Å². The van der Waals surface area contributed by atoms with Crippen LogP contribution in [0.2, 0.25) is 0 Å². The largest absolute Gasteiger partial charge is 0.493 e. The van der Waals surface area contributed by atoms with Gasteiger partial charge in [0.15, 0.2) is 11.5 Å². The topological polar surface area (TPSA) is 111 Å². The zero-order chi connectivity index (χ0) is 19.6. The first kappa shape index (κ1) is 18.8. The predicted octanol–water partition coefficient (Wildman–Crippen LogP) is 2.49. The fourth-order valence-electron chi connectivity index (χ4n) is 2.23. The fourth-order valence-corrected chi connectivity index (χ4v) is 3.37. The Morgan fingerprint density at radius 3 is 2.48 bits per heavy atom. The Balaban J connectivity index is 1.93. The minimum absolute atomic E-state index is 0.158. The molecule has 138 valence electrons. The van der Waals surface area contributed by atoms with Gasteiger partial charge in [0.1, 0.15) is 10.5 Å². The highest BCUT2D eigenvalue weighted by molar-refractivity contribution is 9.10. The third-order valence-electron chi connectivity index (χ3n) is 3.42. The Hall–Kier alpha value is -2.98. The molecule has 0 saturated carbocycles. The van der Waals surface area contributed by atoms with Gasteiger partial charge in [-0.15, -0.1) is 11.3 Å². The van der Waals surface area contributed by atoms with Crippen molar-refractivity contribution in [2.75, 3.05) is 7.11 Å². The number of esters is 1. The van der Waals surface area contributed by atoms with E-state index in [1.165, 1.54) is 30.6 Å². The molecule has 0 spiro atoms. The summed E-state index contributed by atoms with van der Waals surface area (Å²) in [7, 11) is 1.39. The van der Waals surface area contributed by atoms with Crippen molar-refractivity contribution in [1.82, 2.24) is 10.6 Å². The molecule has 1 fully saturated rings. The molecule has 2 N–H and O–H groups in total. The van der Waals surface area contributed by atoms with Crippen LogP contribution in [0.15, 0.2) is 39.7 Å². The van der Waals surface area contributed by atoms with Gasteiger partial charge >= 0.3 is 12.0 Å². The number of urea groups is 1. The lowest BCUT2D eigenvalue weighted by molar-refractivity contribution is -0.123. The van der Waals surface area contributed by atoms with Crippen LogP contribution >= 0.6 is 27.3 Å². The summed E-state index contributed by atoms with van der Waals surface area (Å²) in [5.74, 6) is -1.79. The fraction of sp³-hybridized carbons (Fsp3) is 0.0588. The highest BCUT2D eigenvalue weighted by Gasteiger charge is 2.28. The van der Waals surface area contributed by atoms with Crippen LogP contribution in [0.1, 0.15) is 15.2 Å². The average molecular weight is 451 g/mol. The van der Waals surface area contributed by atoms with Crippen LogP contribution in [0.25, 0.3) is 6.08 Å². The molecule has 1 aromatic carbocycles. The minimum atomic E-state index is -0.878. The highest BCUT2D eigenvalue weighted by atomic mass is 79.9. The van der Waals surface area contributed by atoms with Gasteiger partial charge in [-0.25, -0.2) is 9.59 Å². The highest BCUT2D eigenvalue weighted by Crippen LogP contribution is 2.38. The number of nitrogens with one attached hydrogen (secondary N) is 2. The van der Waals surface area contributed by atoms with Crippen molar-refractivity contribution >= 4 is 57.2 Å². The molecule has 8 nitrogen and oxygen atoms in total. The van der Waals surface area contributed by atoms with Crippen LogP contribution in [0.3, 0.4) is 0 Å². The van der Waals surface area contributed by atoms with E-state index in [0.717, 1.165) is 0 Å². The van der Waals surface area contributed by atoms with Gasteiger partial charge in [-0.3, -0.25) is 20.2 Å². The van der Waals surface area contributed by atoms with E-state index in [4.69, 9.17) is 9.47 Å². The summed E-state index contributed by atoms with van der Waals surface area (Å²) in [6.07, 6.45) is 1.29. The number of benzene rings is 1. The third kappa shape index (κ3) is 4.07. The van der Waals surface area contributed by atoms with Gasteiger partial charge in [0.05, 0.1) is 11.6 Å². The van der Waals surface area contributed by atoms with E-state index >= 15 is 0 Å². The van der Waals surface area contributed by atoms with E-state index in [2.05, 4.69) is 15.9 Å². The maximum absolute atomic E-state index is 12.2. The van der Waals surface area contributed by atoms with Crippen LogP contribution < -0.4 is 20.1 Å². The molecule has 0 bridgehead atoms. The second kappa shape index (κ2) is 7.72. The number of barbiturate groups is 1. The summed E-state index contributed by atoms with van der Waals surface area (Å²) < 4.78 is 11.0. The second-order valence-electron chi connectivity index (χ2n) is 5.20. The van der Waals surface area contributed by atoms with Crippen LogP contribution in [-0.2, 0) is 9.59 Å². The van der Waals surface area contributed by atoms with Gasteiger partial charge in [-0.1, -0.05) is 6.07 Å². The lowest BCUT2D eigenvalue weighted by Gasteiger charge is -2.15. The monoisotopic (exact) mass is 450 g/mol. The van der Waals surface area contributed by atoms with E-state index in [1.54, 1.807) is 23.6 Å². The summed E-state index contributed by atoms with van der Waals surface area (Å²) in [6.45, 7) is 0. The molecule has 0 radical (unpaired) electrons. The molecule has 10 heteroatoms. The maximum atomic E-state index is 12.2. The number of carbonyl (C=O) groups excluding carboxylic acids is 4. The molecule has 0 unspecified atom stereocenters. The van der Waals surface area contributed by atoms with E-state index in [-0.39, 0.29) is 17.1 Å². The Labute approximate surface area is 165 Å². The Kier molecular flexibility index (Phi) is 5.38. The summed E-state index contributed by atoms with van der Waals surface area (Å²) >= 11 is 4.54. The van der Waals surface area contributed by atoms with Gasteiger partial charge in [0.25, 0.3) is 11.8 Å². The SMILES string of the molecule is COc1cc(C=C2C(=O)NC(=O)NC2=O)cc(Br)c1OC(=O)c1cccs1. The standard InChI is InChI=1S/C17H11BrN2O6S/c1-25-11-7-8(5-9-14(21)19-17(24)20-15(9)22)6-10(18)13(11)26-16(23)12-3-2-4-27-12/h2-7H,1H3,(H2,19,20,21,22,24). The van der Waals surface area contributed by atoms with Crippen molar-refractivity contribution < 1.29 is 28.7 Å². The Bertz CT molecular complexity index is 962. The number of halogens is 1. The summed E-state index contributed by atoms with van der Waals surface area (Å²) in [6, 6.07) is 5.52. The lowest BCUT2D eigenvalue weighted by atomic mass is 10.1. The Morgan fingerprint density at radius 2 is 1.89 bits per heavy atom.